The predicted octanol–water partition coefficient (Wildman–Crippen LogP) is 2.39. The maximum Gasteiger partial charge on any atom is 0.269 e. The molecule has 1 aliphatic heterocycles. The molecule has 164 valence electrons. The number of ether oxygens (including phenoxy) is 1. The molecule has 3 aromatic rings. The first-order valence-corrected chi connectivity index (χ1v) is 11.4. The van der Waals surface area contributed by atoms with Gasteiger partial charge in [-0.15, -0.1) is 0 Å². The number of aliphatic hydroxyl groups excluding tert-OH is 1. The smallest absolute Gasteiger partial charge is 0.269 e. The highest BCUT2D eigenvalue weighted by atomic mass is 35.5. The lowest BCUT2D eigenvalue weighted by atomic mass is 10.3. The van der Waals surface area contributed by atoms with Gasteiger partial charge in [-0.05, 0) is 30.3 Å². The van der Waals surface area contributed by atoms with Crippen LogP contribution >= 0.6 is 22.9 Å². The first-order chi connectivity index (χ1) is 15.0. The van der Waals surface area contributed by atoms with Crippen molar-refractivity contribution < 1.29 is 19.7 Å². The van der Waals surface area contributed by atoms with Crippen LogP contribution in [0.2, 0.25) is 5.02 Å². The lowest BCUT2D eigenvalue weighted by Crippen LogP contribution is -3.13. The Hall–Kier alpha value is -2.46. The van der Waals surface area contributed by atoms with Crippen LogP contribution in [0.15, 0.2) is 42.5 Å². The molecule has 10 heteroatoms. The summed E-state index contributed by atoms with van der Waals surface area (Å²) >= 11 is 7.75. The van der Waals surface area contributed by atoms with Gasteiger partial charge >= 0.3 is 0 Å². The molecule has 0 aliphatic carbocycles. The number of quaternary nitrogens is 1. The third-order valence-electron chi connectivity index (χ3n) is 5.32. The molecule has 1 fully saturated rings. The summed E-state index contributed by atoms with van der Waals surface area (Å²) in [5, 5.41) is 22.9. The van der Waals surface area contributed by atoms with E-state index in [9.17, 15) is 15.2 Å². The van der Waals surface area contributed by atoms with Crippen LogP contribution < -0.4 is 14.5 Å². The third-order valence-corrected chi connectivity index (χ3v) is 6.63. The number of nitrogens with zero attached hydrogens (tertiary/aromatic N) is 3. The molecule has 8 nitrogen and oxygen atoms in total. The molecule has 2 aromatic carbocycles. The van der Waals surface area contributed by atoms with Crippen molar-refractivity contribution in [3.05, 3.63) is 57.6 Å². The number of nitro groups is 1. The van der Waals surface area contributed by atoms with Crippen LogP contribution in [0.3, 0.4) is 0 Å². The Kier molecular flexibility index (Phi) is 6.86. The Morgan fingerprint density at radius 3 is 2.84 bits per heavy atom. The number of thiazole rings is 1. The topological polar surface area (TPSA) is 93.2 Å². The molecule has 0 amide bonds. The summed E-state index contributed by atoms with van der Waals surface area (Å²) in [4.78, 5) is 18.6. The number of hydrogen-bond acceptors (Lipinski definition) is 7. The number of rotatable bonds is 7. The second-order valence-electron chi connectivity index (χ2n) is 7.62. The van der Waals surface area contributed by atoms with E-state index in [2.05, 4.69) is 4.90 Å². The number of nitrogens with one attached hydrogen (secondary N) is 1. The van der Waals surface area contributed by atoms with E-state index in [1.165, 1.54) is 17.0 Å². The van der Waals surface area contributed by atoms with Gasteiger partial charge in [0.05, 0.1) is 34.8 Å². The Morgan fingerprint density at radius 1 is 1.26 bits per heavy atom. The number of aromatic nitrogens is 1. The number of non-ortho nitro benzene ring substituents is 1. The molecule has 2 heterocycles. The molecule has 0 spiro atoms. The molecule has 1 aliphatic rings. The van der Waals surface area contributed by atoms with Crippen LogP contribution in [0.1, 0.15) is 6.42 Å². The highest BCUT2D eigenvalue weighted by molar-refractivity contribution is 7.22. The summed E-state index contributed by atoms with van der Waals surface area (Å²) in [6.07, 6.45) is 0.406. The number of nitro benzene ring substituents is 1. The molecule has 2 N–H and O–H groups in total. The van der Waals surface area contributed by atoms with Crippen LogP contribution in [-0.2, 0) is 0 Å². The highest BCUT2D eigenvalue weighted by Gasteiger charge is 2.22. The van der Waals surface area contributed by atoms with E-state index in [0.29, 0.717) is 12.3 Å². The van der Waals surface area contributed by atoms with Crippen molar-refractivity contribution in [3.8, 4) is 5.75 Å². The molecule has 4 rings (SSSR count). The molecule has 0 bridgehead atoms. The quantitative estimate of drug-likeness (QED) is 0.413. The fraction of sp³-hybridized carbons (Fsp3) is 0.381. The summed E-state index contributed by atoms with van der Waals surface area (Å²) in [6.45, 7) is 4.44. The van der Waals surface area contributed by atoms with Gasteiger partial charge in [0, 0.05) is 30.1 Å². The molecule has 0 radical (unpaired) electrons. The summed E-state index contributed by atoms with van der Waals surface area (Å²) in [6, 6.07) is 11.7. The lowest BCUT2D eigenvalue weighted by Gasteiger charge is -2.21. The van der Waals surface area contributed by atoms with Gasteiger partial charge in [0.1, 0.15) is 25.0 Å². The number of anilines is 1. The Labute approximate surface area is 188 Å². The van der Waals surface area contributed by atoms with Crippen LogP contribution in [0.5, 0.6) is 5.75 Å². The van der Waals surface area contributed by atoms with Gasteiger partial charge in [-0.2, -0.15) is 0 Å². The van der Waals surface area contributed by atoms with E-state index >= 15 is 0 Å². The zero-order valence-corrected chi connectivity index (χ0v) is 18.4. The summed E-state index contributed by atoms with van der Waals surface area (Å²) in [5.41, 5.74) is 0.986. The highest BCUT2D eigenvalue weighted by Crippen LogP contribution is 2.30. The molecule has 2 atom stereocenters. The fourth-order valence-corrected chi connectivity index (χ4v) is 5.01. The van der Waals surface area contributed by atoms with Crippen molar-refractivity contribution in [3.63, 3.8) is 0 Å². The predicted molar refractivity (Wildman–Crippen MR) is 122 cm³/mol. The van der Waals surface area contributed by atoms with E-state index in [-0.39, 0.29) is 12.3 Å². The Bertz CT molecular complexity index is 1050. The van der Waals surface area contributed by atoms with Crippen molar-refractivity contribution in [1.82, 2.24) is 4.98 Å². The first kappa shape index (κ1) is 21.8. The molecular formula is C21H24ClN4O4S+. The fourth-order valence-electron chi connectivity index (χ4n) is 3.72. The lowest BCUT2D eigenvalue weighted by molar-refractivity contribution is -0.900. The average Bonchev–Trinajstić information content (AvgIpc) is 3.03. The summed E-state index contributed by atoms with van der Waals surface area (Å²) < 4.78 is 6.69. The minimum Gasteiger partial charge on any atom is -0.491 e. The van der Waals surface area contributed by atoms with Crippen LogP contribution in [-0.4, -0.2) is 60.4 Å². The number of hydrogen-bond donors (Lipinski definition) is 2. The Morgan fingerprint density at radius 2 is 2.06 bits per heavy atom. The number of fused-ring (bicyclic) bond motifs is 1. The SMILES string of the molecule is O=[N+]([O-])c1ccc(OC[C@@H](O)C[NH+]2CCCN(c3nc4ccc(Cl)cc4s3)CC2)cc1. The number of benzene rings is 2. The normalized spacial score (nSPS) is 18.0. The molecule has 1 aromatic heterocycles. The second-order valence-corrected chi connectivity index (χ2v) is 9.06. The van der Waals surface area contributed by atoms with Crippen molar-refractivity contribution in [2.24, 2.45) is 0 Å². The van der Waals surface area contributed by atoms with E-state index < -0.39 is 11.0 Å². The number of aliphatic hydroxyl groups is 1. The van der Waals surface area contributed by atoms with E-state index in [0.717, 1.165) is 53.0 Å². The van der Waals surface area contributed by atoms with Crippen LogP contribution in [0, 0.1) is 10.1 Å². The molecule has 1 saturated heterocycles. The number of halogens is 1. The van der Waals surface area contributed by atoms with Gasteiger partial charge in [0.2, 0.25) is 0 Å². The second kappa shape index (κ2) is 9.78. The Balaban J connectivity index is 1.27. The standard InChI is InChI=1S/C21H23ClN4O4S/c22-15-2-7-19-20(12-15)31-21(23-19)25-9-1-8-24(10-11-25)13-17(27)14-30-18-5-3-16(4-6-18)26(28)29/h2-7,12,17,27H,1,8-11,13-14H2/p+1/t17-/m0/s1. The minimum atomic E-state index is -0.610. The zero-order valence-electron chi connectivity index (χ0n) is 16.9. The maximum atomic E-state index is 10.7. The maximum absolute atomic E-state index is 10.7. The van der Waals surface area contributed by atoms with Crippen molar-refractivity contribution in [2.45, 2.75) is 12.5 Å². The van der Waals surface area contributed by atoms with Gasteiger partial charge in [-0.3, -0.25) is 10.1 Å². The van der Waals surface area contributed by atoms with E-state index in [1.807, 2.05) is 18.2 Å². The minimum absolute atomic E-state index is 0.0164. The van der Waals surface area contributed by atoms with Gasteiger partial charge in [-0.1, -0.05) is 22.9 Å². The van der Waals surface area contributed by atoms with Crippen LogP contribution in [0.4, 0.5) is 10.8 Å². The molecule has 1 unspecified atom stereocenters. The first-order valence-electron chi connectivity index (χ1n) is 10.2. The van der Waals surface area contributed by atoms with Gasteiger partial charge < -0.3 is 19.6 Å². The van der Waals surface area contributed by atoms with Gasteiger partial charge in [0.15, 0.2) is 5.13 Å². The molecular weight excluding hydrogens is 440 g/mol. The zero-order chi connectivity index (χ0) is 21.8. The monoisotopic (exact) mass is 463 g/mol. The average molecular weight is 464 g/mol. The molecule has 0 saturated carbocycles. The largest absolute Gasteiger partial charge is 0.491 e. The summed E-state index contributed by atoms with van der Waals surface area (Å²) in [7, 11) is 0. The molecule has 31 heavy (non-hydrogen) atoms. The van der Waals surface area contributed by atoms with Gasteiger partial charge in [0.25, 0.3) is 5.69 Å². The van der Waals surface area contributed by atoms with Crippen molar-refractivity contribution in [2.75, 3.05) is 44.2 Å². The van der Waals surface area contributed by atoms with Gasteiger partial charge in [-0.25, -0.2) is 4.98 Å². The van der Waals surface area contributed by atoms with E-state index in [4.69, 9.17) is 21.3 Å². The van der Waals surface area contributed by atoms with Crippen molar-refractivity contribution in [1.29, 1.82) is 0 Å². The van der Waals surface area contributed by atoms with E-state index in [1.54, 1.807) is 23.5 Å². The van der Waals surface area contributed by atoms with Crippen LogP contribution in [0.25, 0.3) is 10.2 Å². The van der Waals surface area contributed by atoms with Crippen molar-refractivity contribution >= 4 is 44.0 Å². The summed E-state index contributed by atoms with van der Waals surface area (Å²) in [5.74, 6) is 0.512. The third kappa shape index (κ3) is 5.62.